The van der Waals surface area contributed by atoms with Gasteiger partial charge in [0.05, 0.1) is 0 Å². The van der Waals surface area contributed by atoms with Gasteiger partial charge in [-0.1, -0.05) is 157 Å². The summed E-state index contributed by atoms with van der Waals surface area (Å²) in [7, 11) is 0. The molecular weight excluding hydrogens is 617 g/mol. The normalized spacial score (nSPS) is 15.0. The average molecular weight is 661 g/mol. The number of thiocarbonyl (C=S) groups is 2. The van der Waals surface area contributed by atoms with Gasteiger partial charge in [0.1, 0.15) is 14.6 Å². The first-order valence-corrected chi connectivity index (χ1v) is 18.6. The number of hydrogen-bond donors (Lipinski definition) is 0. The molecule has 5 aromatic carbocycles. The smallest absolute Gasteiger partial charge is 0.115 e. The Hall–Kier alpha value is -2.99. The van der Waals surface area contributed by atoms with Crippen molar-refractivity contribution in [2.24, 2.45) is 0 Å². The van der Waals surface area contributed by atoms with Gasteiger partial charge in [-0.15, -0.1) is 0 Å². The number of hydrogen-bond acceptors (Lipinski definition) is 3. The lowest BCUT2D eigenvalue weighted by molar-refractivity contribution is 0.426. The summed E-state index contributed by atoms with van der Waals surface area (Å²) in [6.45, 7) is 13.7. The van der Waals surface area contributed by atoms with Crippen LogP contribution < -0.4 is 5.35 Å². The van der Waals surface area contributed by atoms with Crippen LogP contribution in [0.5, 0.6) is 0 Å². The Labute approximate surface area is 288 Å². The van der Waals surface area contributed by atoms with E-state index in [0.29, 0.717) is 6.04 Å². The SMILES string of the molecule is C=c1c2ccc3c4ccc5c6c(ccc(c7ccc(c(=S)n1[C@H](C)CCCCCC)c2c37)c64)C(=S)N([C@H](C)CCCCCC)C5=S. The summed E-state index contributed by atoms with van der Waals surface area (Å²) in [6.07, 6.45) is 12.2. The van der Waals surface area contributed by atoms with Crippen LogP contribution in [0.2, 0.25) is 0 Å². The summed E-state index contributed by atoms with van der Waals surface area (Å²) in [5.74, 6) is 0. The summed E-state index contributed by atoms with van der Waals surface area (Å²) >= 11 is 18.7. The molecule has 7 rings (SSSR count). The van der Waals surface area contributed by atoms with Crippen LogP contribution in [0, 0.1) is 4.64 Å². The lowest BCUT2D eigenvalue weighted by Crippen LogP contribution is -2.44. The second-order valence-corrected chi connectivity index (χ2v) is 14.8. The molecule has 2 heterocycles. The zero-order valence-electron chi connectivity index (χ0n) is 27.7. The summed E-state index contributed by atoms with van der Waals surface area (Å²) in [5.41, 5.74) is 2.26. The molecule has 236 valence electrons. The van der Waals surface area contributed by atoms with Crippen LogP contribution in [0.3, 0.4) is 0 Å². The van der Waals surface area contributed by atoms with Crippen molar-refractivity contribution in [1.82, 2.24) is 9.47 Å². The molecule has 0 saturated heterocycles. The Kier molecular flexibility index (Phi) is 8.63. The maximum Gasteiger partial charge on any atom is 0.115 e. The third kappa shape index (κ3) is 4.79. The molecule has 0 saturated carbocycles. The summed E-state index contributed by atoms with van der Waals surface area (Å²) < 4.78 is 3.22. The van der Waals surface area contributed by atoms with Crippen LogP contribution in [0.4, 0.5) is 0 Å². The van der Waals surface area contributed by atoms with Gasteiger partial charge in [-0.2, -0.15) is 0 Å². The number of pyridine rings is 1. The van der Waals surface area contributed by atoms with Gasteiger partial charge in [0.15, 0.2) is 0 Å². The molecule has 2 atom stereocenters. The first-order valence-electron chi connectivity index (χ1n) is 17.4. The fraction of sp³-hybridized carbons (Fsp3) is 0.390. The van der Waals surface area contributed by atoms with E-state index in [0.717, 1.165) is 49.3 Å². The lowest BCUT2D eigenvalue weighted by atomic mass is 9.84. The van der Waals surface area contributed by atoms with Gasteiger partial charge < -0.3 is 9.47 Å². The van der Waals surface area contributed by atoms with Gasteiger partial charge in [-0.25, -0.2) is 0 Å². The molecule has 2 nitrogen and oxygen atoms in total. The molecule has 0 spiro atoms. The van der Waals surface area contributed by atoms with Crippen molar-refractivity contribution in [3.8, 4) is 0 Å². The molecule has 0 amide bonds. The molecule has 0 radical (unpaired) electrons. The third-order valence-electron chi connectivity index (χ3n) is 10.7. The Morgan fingerprint density at radius 2 is 0.978 bits per heavy atom. The molecule has 1 aromatic heterocycles. The van der Waals surface area contributed by atoms with Gasteiger partial charge in [0.2, 0.25) is 0 Å². The minimum Gasteiger partial charge on any atom is -0.329 e. The van der Waals surface area contributed by atoms with E-state index in [1.54, 1.807) is 0 Å². The van der Waals surface area contributed by atoms with Crippen molar-refractivity contribution in [3.63, 3.8) is 0 Å². The van der Waals surface area contributed by atoms with Crippen LogP contribution in [0.1, 0.15) is 109 Å². The molecule has 1 aliphatic rings. The molecule has 0 fully saturated rings. The second-order valence-electron chi connectivity index (χ2n) is 13.6. The van der Waals surface area contributed by atoms with Gasteiger partial charge >= 0.3 is 0 Å². The summed E-state index contributed by atoms with van der Waals surface area (Å²) in [4.78, 5) is 3.98. The van der Waals surface area contributed by atoms with E-state index in [1.165, 1.54) is 99.8 Å². The second kappa shape index (κ2) is 12.6. The average Bonchev–Trinajstić information content (AvgIpc) is 3.05. The third-order valence-corrected chi connectivity index (χ3v) is 11.9. The summed E-state index contributed by atoms with van der Waals surface area (Å²) in [5, 5.41) is 13.4. The highest BCUT2D eigenvalue weighted by atomic mass is 32.1. The highest BCUT2D eigenvalue weighted by molar-refractivity contribution is 7.82. The fourth-order valence-corrected chi connectivity index (χ4v) is 9.66. The minimum atomic E-state index is 0.278. The zero-order valence-corrected chi connectivity index (χ0v) is 30.1. The first kappa shape index (κ1) is 31.6. The number of fused-ring (bicyclic) bond motifs is 2. The molecule has 0 unspecified atom stereocenters. The van der Waals surface area contributed by atoms with E-state index in [1.807, 2.05) is 0 Å². The monoisotopic (exact) mass is 660 g/mol. The topological polar surface area (TPSA) is 8.17 Å². The quantitative estimate of drug-likeness (QED) is 0.0558. The summed E-state index contributed by atoms with van der Waals surface area (Å²) in [6, 6.07) is 18.8. The largest absolute Gasteiger partial charge is 0.329 e. The lowest BCUT2D eigenvalue weighted by Gasteiger charge is -2.37. The number of nitrogens with zero attached hydrogens (tertiary/aromatic N) is 2. The zero-order chi connectivity index (χ0) is 32.3. The van der Waals surface area contributed by atoms with E-state index in [-0.39, 0.29) is 6.04 Å². The number of aromatic nitrogens is 1. The molecule has 0 N–H and O–H groups in total. The highest BCUT2D eigenvalue weighted by Gasteiger charge is 2.32. The van der Waals surface area contributed by atoms with Crippen molar-refractivity contribution in [2.45, 2.75) is 104 Å². The van der Waals surface area contributed by atoms with E-state index < -0.39 is 0 Å². The number of benzene rings is 5. The number of rotatable bonds is 12. The van der Waals surface area contributed by atoms with Crippen LogP contribution in [0.15, 0.2) is 48.5 Å². The maximum absolute atomic E-state index is 6.24. The minimum absolute atomic E-state index is 0.278. The Morgan fingerprint density at radius 3 is 1.52 bits per heavy atom. The Balaban J connectivity index is 1.41. The van der Waals surface area contributed by atoms with Crippen LogP contribution >= 0.6 is 36.7 Å². The highest BCUT2D eigenvalue weighted by Crippen LogP contribution is 2.46. The van der Waals surface area contributed by atoms with Crippen molar-refractivity contribution in [2.75, 3.05) is 0 Å². The Morgan fingerprint density at radius 1 is 0.543 bits per heavy atom. The van der Waals surface area contributed by atoms with Crippen molar-refractivity contribution < 1.29 is 0 Å². The maximum atomic E-state index is 6.24. The predicted octanol–water partition coefficient (Wildman–Crippen LogP) is 12.1. The van der Waals surface area contributed by atoms with E-state index in [4.69, 9.17) is 36.7 Å². The molecular formula is C41H44N2S3. The van der Waals surface area contributed by atoms with Crippen molar-refractivity contribution >= 4 is 107 Å². The van der Waals surface area contributed by atoms with Crippen molar-refractivity contribution in [1.29, 1.82) is 0 Å². The predicted molar refractivity (Wildman–Crippen MR) is 212 cm³/mol. The standard InChI is InChI=1S/C41H44N2S3/c1-6-8-10-12-14-24(3)42-26(5)27-16-17-28-30-19-22-33-38-34(41(46)43(40(33)45)25(4)15-13-11-9-7-2)23-20-31(37(30)38)29-18-21-32(39(42)44)35(27)36(28)29/h16-25H,5-15H2,1-4H3/t24-,25-/m1/s1. The van der Waals surface area contributed by atoms with E-state index >= 15 is 0 Å². The first-order chi connectivity index (χ1) is 22.3. The fourth-order valence-electron chi connectivity index (χ4n) is 8.26. The van der Waals surface area contributed by atoms with Gasteiger partial charge in [0, 0.05) is 50.1 Å². The molecule has 0 bridgehead atoms. The molecule has 6 aromatic rings. The van der Waals surface area contributed by atoms with E-state index in [9.17, 15) is 0 Å². The van der Waals surface area contributed by atoms with Crippen LogP contribution in [-0.2, 0) is 0 Å². The van der Waals surface area contributed by atoms with Gasteiger partial charge in [0.25, 0.3) is 0 Å². The van der Waals surface area contributed by atoms with Gasteiger partial charge in [-0.3, -0.25) is 0 Å². The molecule has 46 heavy (non-hydrogen) atoms. The van der Waals surface area contributed by atoms with Crippen LogP contribution in [0.25, 0.3) is 60.4 Å². The molecule has 0 aliphatic carbocycles. The van der Waals surface area contributed by atoms with Crippen molar-refractivity contribution in [3.05, 3.63) is 69.6 Å². The molecule has 1 aliphatic heterocycles. The molecule has 5 heteroatoms. The Bertz CT molecular complexity index is 2130. The van der Waals surface area contributed by atoms with Gasteiger partial charge in [-0.05, 0) is 59.0 Å². The number of unbranched alkanes of at least 4 members (excludes halogenated alkanes) is 6. The van der Waals surface area contributed by atoms with Crippen LogP contribution in [-0.4, -0.2) is 25.5 Å². The van der Waals surface area contributed by atoms with E-state index in [2.05, 4.69) is 92.3 Å².